The average Bonchev–Trinajstić information content (AvgIpc) is 3.48. The number of cyclic esters (lactones) is 1. The molecule has 3 aliphatic heterocycles. The minimum Gasteiger partial charge on any atom is -0.481 e. The molecule has 3 aliphatic rings. The van der Waals surface area contributed by atoms with Crippen LogP contribution in [0.2, 0.25) is 0 Å². The molecule has 2 fully saturated rings. The molecule has 20 atom stereocenters. The van der Waals surface area contributed by atoms with Crippen molar-refractivity contribution in [3.63, 3.8) is 0 Å². The van der Waals surface area contributed by atoms with Crippen LogP contribution < -0.4 is 11.1 Å². The third kappa shape index (κ3) is 23.2. The van der Waals surface area contributed by atoms with Gasteiger partial charge in [0.2, 0.25) is 0 Å². The highest BCUT2D eigenvalue weighted by Crippen LogP contribution is 2.38. The van der Waals surface area contributed by atoms with Gasteiger partial charge in [0.05, 0.1) is 85.7 Å². The number of ether oxygens (including phenoxy) is 4. The van der Waals surface area contributed by atoms with E-state index in [1.54, 1.807) is 104 Å². The van der Waals surface area contributed by atoms with E-state index in [9.17, 15) is 75.7 Å². The number of esters is 1. The van der Waals surface area contributed by atoms with Gasteiger partial charge in [0, 0.05) is 49.9 Å². The van der Waals surface area contributed by atoms with E-state index in [0.717, 1.165) is 5.69 Å². The van der Waals surface area contributed by atoms with Gasteiger partial charge in [-0.25, -0.2) is 0 Å². The number of anilines is 1. The Labute approximate surface area is 468 Å². The number of carboxylic acids is 1. The molecular formula is C59H88N2O19. The van der Waals surface area contributed by atoms with Crippen molar-refractivity contribution in [3.8, 4) is 0 Å². The zero-order valence-corrected chi connectivity index (χ0v) is 46.1. The summed E-state index contributed by atoms with van der Waals surface area (Å²) in [4.78, 5) is 38.8. The molecule has 2 saturated heterocycles. The fourth-order valence-corrected chi connectivity index (χ4v) is 10.2. The Bertz CT molecular complexity index is 2250. The normalized spacial score (nSPS) is 39.0. The Morgan fingerprint density at radius 1 is 0.713 bits per heavy atom. The van der Waals surface area contributed by atoms with Crippen LogP contribution in [-0.4, -0.2) is 190 Å². The molecule has 21 nitrogen and oxygen atoms in total. The second-order valence-corrected chi connectivity index (χ2v) is 21.6. The minimum atomic E-state index is -2.33. The molecule has 2 bridgehead atoms. The maximum absolute atomic E-state index is 13.4. The molecule has 21 heteroatoms. The standard InChI is InChI=1S/C59H88N2O19/c1-35-17-15-13-11-9-7-5-6-8-10-12-14-16-18-47(78-58-55(73)53(60)54(72)37(3)77-58)32-50-52(57(74)75)49(70)34-59(76,80-50)33-46(68)29-44(66)27-42(64)25-41(63)26-43(65)28-45(67)31-51(71)79-56(35)36(2)19-24-40(62)30-48(69)38-20-22-39(61-4)23-21-38/h5-18,20-23,35-37,40-47,49-50,52-56,58,61-68,70,72-73,76H,19,24-34,60H2,1-4H3,(H,74,75)/b6-5+,9-7+,10-8+,13-11+,14-12+,17-15+,18-16+. The van der Waals surface area contributed by atoms with Crippen LogP contribution >= 0.6 is 0 Å². The quantitative estimate of drug-likeness (QED) is 0.112. The highest BCUT2D eigenvalue weighted by atomic mass is 16.7. The number of aliphatic hydroxyl groups excluding tert-OH is 10. The van der Waals surface area contributed by atoms with Gasteiger partial charge in [-0.05, 0) is 82.1 Å². The van der Waals surface area contributed by atoms with Crippen molar-refractivity contribution in [3.05, 3.63) is 115 Å². The minimum absolute atomic E-state index is 0.0974. The topological polar surface area (TPSA) is 369 Å². The molecule has 20 unspecified atom stereocenters. The van der Waals surface area contributed by atoms with Crippen LogP contribution in [0.4, 0.5) is 5.69 Å². The number of rotatable bonds is 11. The number of carbonyl (C=O) groups is 3. The van der Waals surface area contributed by atoms with Gasteiger partial charge in [-0.1, -0.05) is 98.9 Å². The molecule has 0 spiro atoms. The Morgan fingerprint density at radius 3 is 1.76 bits per heavy atom. The molecule has 15 N–H and O–H groups in total. The molecule has 1 aromatic rings. The number of ketones is 1. The summed E-state index contributed by atoms with van der Waals surface area (Å²) in [5, 5.41) is 133. The number of allylic oxidation sites excluding steroid dienone is 12. The number of nitrogens with one attached hydrogen (secondary N) is 1. The van der Waals surface area contributed by atoms with Crippen molar-refractivity contribution in [1.82, 2.24) is 0 Å². The number of carbonyl (C=O) groups excluding carboxylic acids is 2. The first kappa shape index (κ1) is 67.7. The molecule has 0 aromatic heterocycles. The summed E-state index contributed by atoms with van der Waals surface area (Å²) in [5.74, 6) is -7.02. The van der Waals surface area contributed by atoms with E-state index in [4.69, 9.17) is 24.7 Å². The van der Waals surface area contributed by atoms with E-state index >= 15 is 0 Å². The fraction of sp³-hybridized carbons (Fsp3) is 0.610. The van der Waals surface area contributed by atoms with Crippen molar-refractivity contribution >= 4 is 23.4 Å². The molecular weight excluding hydrogens is 1040 g/mol. The lowest BCUT2D eigenvalue weighted by molar-refractivity contribution is -0.308. The first-order valence-electron chi connectivity index (χ1n) is 27.6. The third-order valence-electron chi connectivity index (χ3n) is 14.5. The zero-order valence-electron chi connectivity index (χ0n) is 46.1. The summed E-state index contributed by atoms with van der Waals surface area (Å²) in [6.07, 6.45) is 1.59. The van der Waals surface area contributed by atoms with Crippen LogP contribution in [0.5, 0.6) is 0 Å². The molecule has 0 amide bonds. The first-order valence-corrected chi connectivity index (χ1v) is 27.6. The fourth-order valence-electron chi connectivity index (χ4n) is 10.2. The Hall–Kier alpha value is -4.79. The number of hydrogen-bond acceptors (Lipinski definition) is 20. The number of hydrogen-bond donors (Lipinski definition) is 14. The lowest BCUT2D eigenvalue weighted by Crippen LogP contribution is -2.61. The van der Waals surface area contributed by atoms with Crippen molar-refractivity contribution < 1.29 is 94.6 Å². The summed E-state index contributed by atoms with van der Waals surface area (Å²) in [7, 11) is 1.77. The number of carboxylic acid groups (broad SMARTS) is 1. The van der Waals surface area contributed by atoms with Crippen molar-refractivity contribution in [2.24, 2.45) is 23.5 Å². The van der Waals surface area contributed by atoms with E-state index in [0.29, 0.717) is 12.0 Å². The third-order valence-corrected chi connectivity index (χ3v) is 14.5. The highest BCUT2D eigenvalue weighted by molar-refractivity contribution is 5.96. The second-order valence-electron chi connectivity index (χ2n) is 21.6. The first-order chi connectivity index (χ1) is 37.9. The van der Waals surface area contributed by atoms with E-state index in [1.165, 1.54) is 13.0 Å². The monoisotopic (exact) mass is 1130 g/mol. The summed E-state index contributed by atoms with van der Waals surface area (Å²) >= 11 is 0. The Morgan fingerprint density at radius 2 is 1.23 bits per heavy atom. The number of Topliss-reactive ketones (excluding diaryl/α,β-unsaturated/α-hetero) is 1. The van der Waals surface area contributed by atoms with E-state index in [-0.39, 0.29) is 62.6 Å². The summed E-state index contributed by atoms with van der Waals surface area (Å²) in [6, 6.07) is 5.76. The summed E-state index contributed by atoms with van der Waals surface area (Å²) in [5.41, 5.74) is 7.36. The molecule has 448 valence electrons. The molecule has 80 heavy (non-hydrogen) atoms. The van der Waals surface area contributed by atoms with Crippen LogP contribution in [0.3, 0.4) is 0 Å². The van der Waals surface area contributed by atoms with E-state index < -0.39 is 147 Å². The van der Waals surface area contributed by atoms with Gasteiger partial charge in [0.25, 0.3) is 0 Å². The SMILES string of the molecule is CNc1ccc(C(=O)CC(O)CCC(C)C2OC(=O)CC(O)CC(O)CC(O)CC(O)CC(O)CC(O)CC3(O)CC(O)C(C(=O)O)C(CC(OC4OC(C)C(O)C(N)C4O)/C=C/C=C/C=C/C=C/C=C/C=C/C=C/C2C)O3)cc1. The maximum atomic E-state index is 13.4. The molecule has 0 radical (unpaired) electrons. The molecule has 0 aliphatic carbocycles. The van der Waals surface area contributed by atoms with E-state index in [1.807, 2.05) is 19.9 Å². The largest absolute Gasteiger partial charge is 0.481 e. The van der Waals surface area contributed by atoms with Crippen LogP contribution in [0.1, 0.15) is 108 Å². The number of fused-ring (bicyclic) bond motifs is 2. The molecule has 4 rings (SSSR count). The van der Waals surface area contributed by atoms with Crippen LogP contribution in [0.25, 0.3) is 0 Å². The molecule has 3 heterocycles. The molecule has 1 aromatic carbocycles. The van der Waals surface area contributed by atoms with Crippen molar-refractivity contribution in [1.29, 1.82) is 0 Å². The van der Waals surface area contributed by atoms with Gasteiger partial charge in [0.1, 0.15) is 18.1 Å². The van der Waals surface area contributed by atoms with Crippen molar-refractivity contribution in [2.45, 2.75) is 201 Å². The van der Waals surface area contributed by atoms with Gasteiger partial charge in [-0.2, -0.15) is 0 Å². The highest BCUT2D eigenvalue weighted by Gasteiger charge is 2.51. The summed E-state index contributed by atoms with van der Waals surface area (Å²) in [6.45, 7) is 5.25. The van der Waals surface area contributed by atoms with Crippen LogP contribution in [0.15, 0.2) is 109 Å². The number of nitrogens with two attached hydrogens (primary N) is 1. The van der Waals surface area contributed by atoms with Gasteiger partial charge >= 0.3 is 11.9 Å². The van der Waals surface area contributed by atoms with Crippen molar-refractivity contribution in [2.75, 3.05) is 12.4 Å². The summed E-state index contributed by atoms with van der Waals surface area (Å²) < 4.78 is 23.7. The van der Waals surface area contributed by atoms with Crippen LogP contribution in [-0.2, 0) is 28.5 Å². The number of aliphatic carboxylic acids is 1. The van der Waals surface area contributed by atoms with Crippen LogP contribution in [0, 0.1) is 17.8 Å². The maximum Gasteiger partial charge on any atom is 0.311 e. The van der Waals surface area contributed by atoms with Gasteiger partial charge in [0.15, 0.2) is 17.9 Å². The predicted octanol–water partition coefficient (Wildman–Crippen LogP) is 2.54. The smallest absolute Gasteiger partial charge is 0.311 e. The van der Waals surface area contributed by atoms with Gasteiger partial charge in [-0.15, -0.1) is 0 Å². The van der Waals surface area contributed by atoms with E-state index in [2.05, 4.69) is 5.32 Å². The average molecular weight is 1130 g/mol. The Balaban J connectivity index is 1.53. The predicted molar refractivity (Wildman–Crippen MR) is 296 cm³/mol. The Kier molecular flexibility index (Phi) is 28.8. The lowest BCUT2D eigenvalue weighted by atomic mass is 9.82. The van der Waals surface area contributed by atoms with Gasteiger partial charge < -0.3 is 91.3 Å². The zero-order chi connectivity index (χ0) is 59.1. The number of benzene rings is 1. The molecule has 0 saturated carbocycles. The second kappa shape index (κ2) is 34.0. The van der Waals surface area contributed by atoms with Gasteiger partial charge in [-0.3, -0.25) is 14.4 Å². The lowest BCUT2D eigenvalue weighted by Gasteiger charge is -2.45. The number of aliphatic hydroxyl groups is 11.